The summed E-state index contributed by atoms with van der Waals surface area (Å²) in [6, 6.07) is 10.6. The van der Waals surface area contributed by atoms with Crippen molar-refractivity contribution in [3.63, 3.8) is 0 Å². The van der Waals surface area contributed by atoms with E-state index in [9.17, 15) is 0 Å². The minimum Gasteiger partial charge on any atom is -0.323 e. The average molecular weight is 266 g/mol. The van der Waals surface area contributed by atoms with Crippen molar-refractivity contribution >= 4 is 22.9 Å². The third-order valence-corrected chi connectivity index (χ3v) is 4.34. The second-order valence-electron chi connectivity index (χ2n) is 4.26. The molecule has 1 heterocycles. The zero-order chi connectivity index (χ0) is 12.3. The molecule has 1 nitrogen and oxygen atoms in total. The van der Waals surface area contributed by atoms with Crippen LogP contribution in [0.15, 0.2) is 35.7 Å². The molecule has 2 rings (SSSR count). The number of benzene rings is 1. The maximum Gasteiger partial charge on any atom is 0.0561 e. The molecule has 0 amide bonds. The summed E-state index contributed by atoms with van der Waals surface area (Å²) in [7, 11) is 0. The quantitative estimate of drug-likeness (QED) is 0.874. The van der Waals surface area contributed by atoms with Gasteiger partial charge in [0.05, 0.1) is 5.02 Å². The van der Waals surface area contributed by atoms with Gasteiger partial charge in [0.2, 0.25) is 0 Å². The van der Waals surface area contributed by atoms with Crippen molar-refractivity contribution < 1.29 is 0 Å². The Balaban J connectivity index is 1.94. The van der Waals surface area contributed by atoms with Gasteiger partial charge in [0, 0.05) is 10.9 Å². The van der Waals surface area contributed by atoms with Crippen molar-refractivity contribution in [2.45, 2.75) is 25.8 Å². The molecule has 0 saturated heterocycles. The van der Waals surface area contributed by atoms with Gasteiger partial charge < -0.3 is 5.73 Å². The van der Waals surface area contributed by atoms with Gasteiger partial charge in [-0.2, -0.15) is 0 Å². The molecule has 1 aromatic carbocycles. The van der Waals surface area contributed by atoms with Crippen molar-refractivity contribution in [1.29, 1.82) is 0 Å². The molecule has 1 aromatic heterocycles. The van der Waals surface area contributed by atoms with Crippen molar-refractivity contribution in [3.05, 3.63) is 56.7 Å². The molecule has 1 atom stereocenters. The fourth-order valence-electron chi connectivity index (χ4n) is 1.78. The van der Waals surface area contributed by atoms with Crippen molar-refractivity contribution in [1.82, 2.24) is 0 Å². The van der Waals surface area contributed by atoms with Gasteiger partial charge in [-0.3, -0.25) is 0 Å². The second-order valence-corrected chi connectivity index (χ2v) is 5.62. The van der Waals surface area contributed by atoms with Crippen LogP contribution < -0.4 is 5.73 Å². The number of hydrogen-bond acceptors (Lipinski definition) is 2. The monoisotopic (exact) mass is 265 g/mol. The van der Waals surface area contributed by atoms with Crippen LogP contribution in [0.1, 0.15) is 28.5 Å². The second kappa shape index (κ2) is 5.67. The maximum atomic E-state index is 6.14. The molecule has 0 aliphatic rings. The highest BCUT2D eigenvalue weighted by molar-refractivity contribution is 7.10. The van der Waals surface area contributed by atoms with Crippen LogP contribution in [-0.4, -0.2) is 0 Å². The molecule has 0 radical (unpaired) electrons. The Morgan fingerprint density at radius 1 is 1.24 bits per heavy atom. The van der Waals surface area contributed by atoms with Gasteiger partial charge in [0.1, 0.15) is 0 Å². The van der Waals surface area contributed by atoms with Gasteiger partial charge in [-0.15, -0.1) is 11.3 Å². The summed E-state index contributed by atoms with van der Waals surface area (Å²) in [6.45, 7) is 2.10. The molecule has 0 aliphatic heterocycles. The van der Waals surface area contributed by atoms with E-state index in [1.54, 1.807) is 11.3 Å². The smallest absolute Gasteiger partial charge is 0.0561 e. The number of aryl methyl sites for hydroxylation is 2. The van der Waals surface area contributed by atoms with E-state index in [2.05, 4.69) is 31.2 Å². The molecule has 2 aromatic rings. The Morgan fingerprint density at radius 2 is 1.94 bits per heavy atom. The third-order valence-electron chi connectivity index (χ3n) is 2.85. The van der Waals surface area contributed by atoms with Crippen molar-refractivity contribution in [3.8, 4) is 0 Å². The molecule has 0 spiro atoms. The van der Waals surface area contributed by atoms with E-state index in [-0.39, 0.29) is 6.04 Å². The molecule has 90 valence electrons. The molecule has 3 heteroatoms. The van der Waals surface area contributed by atoms with E-state index in [4.69, 9.17) is 17.3 Å². The normalized spacial score (nSPS) is 12.6. The van der Waals surface area contributed by atoms with E-state index in [0.29, 0.717) is 0 Å². The molecule has 0 saturated carbocycles. The minimum atomic E-state index is 0.0452. The summed E-state index contributed by atoms with van der Waals surface area (Å²) in [5.74, 6) is 0. The summed E-state index contributed by atoms with van der Waals surface area (Å²) in [5, 5.41) is 2.79. The van der Waals surface area contributed by atoms with Crippen LogP contribution in [0.3, 0.4) is 0 Å². The van der Waals surface area contributed by atoms with Crippen LogP contribution in [-0.2, 0) is 6.42 Å². The zero-order valence-electron chi connectivity index (χ0n) is 9.82. The van der Waals surface area contributed by atoms with Crippen LogP contribution in [0.5, 0.6) is 0 Å². The summed E-state index contributed by atoms with van der Waals surface area (Å²) in [4.78, 5) is 1.10. The van der Waals surface area contributed by atoms with E-state index >= 15 is 0 Å². The fraction of sp³-hybridized carbons (Fsp3) is 0.286. The number of rotatable bonds is 4. The van der Waals surface area contributed by atoms with E-state index in [1.807, 2.05) is 11.4 Å². The summed E-state index contributed by atoms with van der Waals surface area (Å²) in [5.41, 5.74) is 8.77. The Hall–Kier alpha value is -0.830. The molecule has 1 unspecified atom stereocenters. The topological polar surface area (TPSA) is 26.0 Å². The first-order chi connectivity index (χ1) is 8.16. The van der Waals surface area contributed by atoms with Gasteiger partial charge >= 0.3 is 0 Å². The Kier molecular flexibility index (Phi) is 4.21. The molecular formula is C14H16ClNS. The molecule has 17 heavy (non-hydrogen) atoms. The van der Waals surface area contributed by atoms with Crippen LogP contribution in [0, 0.1) is 6.92 Å². The Bertz CT molecular complexity index is 475. The molecule has 0 aliphatic carbocycles. The first-order valence-electron chi connectivity index (χ1n) is 5.71. The minimum absolute atomic E-state index is 0.0452. The predicted molar refractivity (Wildman–Crippen MR) is 75.8 cm³/mol. The number of nitrogens with two attached hydrogens (primary N) is 1. The van der Waals surface area contributed by atoms with E-state index in [1.165, 1.54) is 11.1 Å². The standard InChI is InChI=1S/C14H16ClNS/c1-10-2-4-11(5-3-10)6-7-13(16)14-12(15)8-9-17-14/h2-5,8-9,13H,6-7,16H2,1H3. The first kappa shape index (κ1) is 12.6. The highest BCUT2D eigenvalue weighted by Gasteiger charge is 2.11. The third kappa shape index (κ3) is 3.32. The van der Waals surface area contributed by atoms with Crippen LogP contribution >= 0.6 is 22.9 Å². The highest BCUT2D eigenvalue weighted by Crippen LogP contribution is 2.29. The van der Waals surface area contributed by atoms with Crippen molar-refractivity contribution in [2.75, 3.05) is 0 Å². The summed E-state index contributed by atoms with van der Waals surface area (Å²) < 4.78 is 0. The Morgan fingerprint density at radius 3 is 2.53 bits per heavy atom. The first-order valence-corrected chi connectivity index (χ1v) is 6.96. The van der Waals surface area contributed by atoms with Gasteiger partial charge in [-0.05, 0) is 36.8 Å². The van der Waals surface area contributed by atoms with Gasteiger partial charge in [-0.25, -0.2) is 0 Å². The lowest BCUT2D eigenvalue weighted by molar-refractivity contribution is 0.662. The predicted octanol–water partition coefficient (Wildman–Crippen LogP) is 4.34. The lowest BCUT2D eigenvalue weighted by atomic mass is 10.0. The van der Waals surface area contributed by atoms with Crippen LogP contribution in [0.4, 0.5) is 0 Å². The van der Waals surface area contributed by atoms with E-state index < -0.39 is 0 Å². The largest absolute Gasteiger partial charge is 0.323 e. The number of thiophene rings is 1. The van der Waals surface area contributed by atoms with Gasteiger partial charge in [0.25, 0.3) is 0 Å². The van der Waals surface area contributed by atoms with Crippen LogP contribution in [0.2, 0.25) is 5.02 Å². The molecule has 2 N–H and O–H groups in total. The molecular weight excluding hydrogens is 250 g/mol. The van der Waals surface area contributed by atoms with E-state index in [0.717, 1.165) is 22.7 Å². The lowest BCUT2D eigenvalue weighted by Crippen LogP contribution is -2.10. The SMILES string of the molecule is Cc1ccc(CCC(N)c2sccc2Cl)cc1. The summed E-state index contributed by atoms with van der Waals surface area (Å²) in [6.07, 6.45) is 1.93. The zero-order valence-corrected chi connectivity index (χ0v) is 11.4. The molecule has 0 fully saturated rings. The molecule has 0 bridgehead atoms. The number of halogens is 1. The summed E-state index contributed by atoms with van der Waals surface area (Å²) >= 11 is 7.71. The highest BCUT2D eigenvalue weighted by atomic mass is 35.5. The van der Waals surface area contributed by atoms with Crippen molar-refractivity contribution in [2.24, 2.45) is 5.73 Å². The Labute approximate surface area is 111 Å². The van der Waals surface area contributed by atoms with Gasteiger partial charge in [-0.1, -0.05) is 41.4 Å². The lowest BCUT2D eigenvalue weighted by Gasteiger charge is -2.10. The number of hydrogen-bond donors (Lipinski definition) is 1. The maximum absolute atomic E-state index is 6.14. The fourth-order valence-corrected chi connectivity index (χ4v) is 3.01. The average Bonchev–Trinajstić information content (AvgIpc) is 2.74. The van der Waals surface area contributed by atoms with Gasteiger partial charge in [0.15, 0.2) is 0 Å². The van der Waals surface area contributed by atoms with Crippen LogP contribution in [0.25, 0.3) is 0 Å².